The average Bonchev–Trinajstić information content (AvgIpc) is 2.46. The number of hydrogen-bond acceptors (Lipinski definition) is 4. The van der Waals surface area contributed by atoms with E-state index in [0.29, 0.717) is 5.69 Å². The molecule has 1 aliphatic rings. The van der Waals surface area contributed by atoms with Crippen LogP contribution < -0.4 is 10.6 Å². The van der Waals surface area contributed by atoms with Crippen molar-refractivity contribution in [1.29, 1.82) is 0 Å². The summed E-state index contributed by atoms with van der Waals surface area (Å²) in [6.07, 6.45) is 4.39. The minimum absolute atomic E-state index is 0.130. The van der Waals surface area contributed by atoms with Crippen LogP contribution in [0.2, 0.25) is 0 Å². The Morgan fingerprint density at radius 2 is 2.23 bits per heavy atom. The van der Waals surface area contributed by atoms with Crippen molar-refractivity contribution in [2.45, 2.75) is 26.3 Å². The number of amides is 1. The molecule has 3 heterocycles. The van der Waals surface area contributed by atoms with Crippen molar-refractivity contribution in [2.24, 2.45) is 5.41 Å². The van der Waals surface area contributed by atoms with Crippen molar-refractivity contribution in [3.63, 3.8) is 0 Å². The van der Waals surface area contributed by atoms with Gasteiger partial charge in [0.2, 0.25) is 0 Å². The molecule has 1 aliphatic heterocycles. The Balaban J connectivity index is 1.79. The van der Waals surface area contributed by atoms with Gasteiger partial charge in [0.15, 0.2) is 0 Å². The largest absolute Gasteiger partial charge is 0.347 e. The quantitative estimate of drug-likeness (QED) is 0.861. The number of carbonyl (C=O) groups excluding carboxylic acids is 1. The molecule has 1 fully saturated rings. The Hall–Kier alpha value is -1.53. The van der Waals surface area contributed by atoms with Gasteiger partial charge in [-0.15, -0.1) is 0 Å². The van der Waals surface area contributed by atoms with Gasteiger partial charge >= 0.3 is 0 Å². The maximum Gasteiger partial charge on any atom is 0.270 e. The summed E-state index contributed by atoms with van der Waals surface area (Å²) in [6, 6.07) is 3.75. The fourth-order valence-corrected chi connectivity index (χ4v) is 3.33. The molecule has 1 atom stereocenters. The molecule has 1 unspecified atom stereocenters. The van der Waals surface area contributed by atoms with E-state index in [0.717, 1.165) is 34.9 Å². The predicted molar refractivity (Wildman–Crippen MR) is 89.8 cm³/mol. The van der Waals surface area contributed by atoms with Gasteiger partial charge in [-0.05, 0) is 39.9 Å². The first-order valence-electron chi connectivity index (χ1n) is 7.36. The third-order valence-corrected chi connectivity index (χ3v) is 4.50. The molecule has 0 radical (unpaired) electrons. The van der Waals surface area contributed by atoms with Gasteiger partial charge < -0.3 is 10.6 Å². The van der Waals surface area contributed by atoms with Crippen molar-refractivity contribution < 1.29 is 4.79 Å². The summed E-state index contributed by atoms with van der Waals surface area (Å²) in [4.78, 5) is 21.0. The fraction of sp³-hybridized carbons (Fsp3) is 0.438. The molecular formula is C16H19BrN4O. The third kappa shape index (κ3) is 3.28. The lowest BCUT2D eigenvalue weighted by Gasteiger charge is -2.36. The minimum atomic E-state index is -0.130. The maximum absolute atomic E-state index is 12.4. The van der Waals surface area contributed by atoms with Crippen molar-refractivity contribution in [3.05, 3.63) is 34.7 Å². The van der Waals surface area contributed by atoms with Gasteiger partial charge in [-0.2, -0.15) is 0 Å². The standard InChI is InChI=1S/C16H19BrN4O/c1-16(2)5-11(7-19-9-16)20-15(22)13-4-3-10-6-18-8-12(17)14(10)21-13/h3-4,6,8,11,19H,5,7,9H2,1-2H3,(H,20,22). The fourth-order valence-electron chi connectivity index (χ4n) is 2.89. The Bertz CT molecular complexity index is 716. The molecule has 1 saturated heterocycles. The molecule has 0 aliphatic carbocycles. The van der Waals surface area contributed by atoms with Crippen molar-refractivity contribution in [1.82, 2.24) is 20.6 Å². The normalized spacial score (nSPS) is 20.8. The van der Waals surface area contributed by atoms with Gasteiger partial charge in [0.05, 0.1) is 9.99 Å². The van der Waals surface area contributed by atoms with Crippen LogP contribution in [0.5, 0.6) is 0 Å². The summed E-state index contributed by atoms with van der Waals surface area (Å²) in [7, 11) is 0. The first-order chi connectivity index (χ1) is 10.4. The zero-order chi connectivity index (χ0) is 15.7. The molecule has 2 N–H and O–H groups in total. The van der Waals surface area contributed by atoms with E-state index < -0.39 is 0 Å². The molecule has 1 amide bonds. The van der Waals surface area contributed by atoms with Crippen LogP contribution in [0, 0.1) is 5.41 Å². The topological polar surface area (TPSA) is 66.9 Å². The summed E-state index contributed by atoms with van der Waals surface area (Å²) in [5, 5.41) is 7.36. The van der Waals surface area contributed by atoms with Crippen molar-refractivity contribution >= 4 is 32.7 Å². The van der Waals surface area contributed by atoms with Gasteiger partial charge in [-0.25, -0.2) is 4.98 Å². The second-order valence-electron chi connectivity index (χ2n) is 6.56. The van der Waals surface area contributed by atoms with Crippen LogP contribution >= 0.6 is 15.9 Å². The lowest BCUT2D eigenvalue weighted by atomic mass is 9.83. The maximum atomic E-state index is 12.4. The lowest BCUT2D eigenvalue weighted by molar-refractivity contribution is 0.0906. The van der Waals surface area contributed by atoms with E-state index in [1.54, 1.807) is 18.5 Å². The van der Waals surface area contributed by atoms with Crippen molar-refractivity contribution in [2.75, 3.05) is 13.1 Å². The van der Waals surface area contributed by atoms with Crippen LogP contribution in [0.3, 0.4) is 0 Å². The second-order valence-corrected chi connectivity index (χ2v) is 7.41. The molecule has 3 rings (SSSR count). The molecule has 5 nitrogen and oxygen atoms in total. The number of nitrogens with one attached hydrogen (secondary N) is 2. The highest BCUT2D eigenvalue weighted by molar-refractivity contribution is 9.10. The van der Waals surface area contributed by atoms with Crippen LogP contribution in [0.4, 0.5) is 0 Å². The molecule has 22 heavy (non-hydrogen) atoms. The number of aromatic nitrogens is 2. The van der Waals surface area contributed by atoms with Crippen LogP contribution in [0.15, 0.2) is 29.0 Å². The number of rotatable bonds is 2. The number of pyridine rings is 2. The van der Waals surface area contributed by atoms with E-state index in [9.17, 15) is 4.79 Å². The van der Waals surface area contributed by atoms with Crippen LogP contribution in [-0.4, -0.2) is 35.0 Å². The van der Waals surface area contributed by atoms with Crippen LogP contribution in [0.25, 0.3) is 10.9 Å². The molecule has 0 saturated carbocycles. The molecule has 2 aromatic heterocycles. The predicted octanol–water partition coefficient (Wildman–Crippen LogP) is 2.51. The molecule has 6 heteroatoms. The first-order valence-corrected chi connectivity index (χ1v) is 8.16. The first kappa shape index (κ1) is 15.4. The van der Waals surface area contributed by atoms with Gasteiger partial charge in [-0.1, -0.05) is 13.8 Å². The molecule has 116 valence electrons. The highest BCUT2D eigenvalue weighted by Gasteiger charge is 2.29. The Labute approximate surface area is 138 Å². The Morgan fingerprint density at radius 1 is 1.41 bits per heavy atom. The Morgan fingerprint density at radius 3 is 3.00 bits per heavy atom. The summed E-state index contributed by atoms with van der Waals surface area (Å²) in [5.41, 5.74) is 1.38. The number of carbonyl (C=O) groups is 1. The number of halogens is 1. The summed E-state index contributed by atoms with van der Waals surface area (Å²) in [6.45, 7) is 6.19. The average molecular weight is 363 g/mol. The van der Waals surface area contributed by atoms with Gasteiger partial charge in [-0.3, -0.25) is 9.78 Å². The third-order valence-electron chi connectivity index (χ3n) is 3.92. The van der Waals surface area contributed by atoms with Gasteiger partial charge in [0, 0.05) is 36.9 Å². The van der Waals surface area contributed by atoms with Gasteiger partial charge in [0.25, 0.3) is 5.91 Å². The number of nitrogens with zero attached hydrogens (tertiary/aromatic N) is 2. The lowest BCUT2D eigenvalue weighted by Crippen LogP contribution is -2.51. The highest BCUT2D eigenvalue weighted by Crippen LogP contribution is 2.24. The number of piperidine rings is 1. The second kappa shape index (κ2) is 5.93. The summed E-state index contributed by atoms with van der Waals surface area (Å²) < 4.78 is 0.792. The zero-order valence-corrected chi connectivity index (χ0v) is 14.3. The summed E-state index contributed by atoms with van der Waals surface area (Å²) >= 11 is 3.43. The van der Waals surface area contributed by atoms with Crippen LogP contribution in [-0.2, 0) is 0 Å². The Kier molecular flexibility index (Phi) is 4.14. The van der Waals surface area contributed by atoms with Crippen LogP contribution in [0.1, 0.15) is 30.8 Å². The minimum Gasteiger partial charge on any atom is -0.347 e. The number of fused-ring (bicyclic) bond motifs is 1. The SMILES string of the molecule is CC1(C)CNCC(NC(=O)c2ccc3cncc(Br)c3n2)C1. The van der Waals surface area contributed by atoms with E-state index in [1.165, 1.54) is 0 Å². The van der Waals surface area contributed by atoms with E-state index >= 15 is 0 Å². The zero-order valence-electron chi connectivity index (χ0n) is 12.7. The number of hydrogen-bond donors (Lipinski definition) is 2. The summed E-state index contributed by atoms with van der Waals surface area (Å²) in [5.74, 6) is -0.130. The molecule has 2 aromatic rings. The smallest absolute Gasteiger partial charge is 0.270 e. The monoisotopic (exact) mass is 362 g/mol. The molecule has 0 bridgehead atoms. The molecule has 0 aromatic carbocycles. The van der Waals surface area contributed by atoms with E-state index in [4.69, 9.17) is 0 Å². The molecule has 0 spiro atoms. The van der Waals surface area contributed by atoms with E-state index in [2.05, 4.69) is 50.4 Å². The molecular weight excluding hydrogens is 344 g/mol. The van der Waals surface area contributed by atoms with E-state index in [1.807, 2.05) is 6.07 Å². The highest BCUT2D eigenvalue weighted by atomic mass is 79.9. The van der Waals surface area contributed by atoms with Crippen molar-refractivity contribution in [3.8, 4) is 0 Å². The van der Waals surface area contributed by atoms with E-state index in [-0.39, 0.29) is 17.4 Å². The van der Waals surface area contributed by atoms with Gasteiger partial charge in [0.1, 0.15) is 5.69 Å².